The number of aromatic nitrogens is 1. The van der Waals surface area contributed by atoms with Crippen molar-refractivity contribution in [3.63, 3.8) is 0 Å². The highest BCUT2D eigenvalue weighted by molar-refractivity contribution is 6.32. The van der Waals surface area contributed by atoms with Gasteiger partial charge in [0.15, 0.2) is 0 Å². The molecule has 0 aliphatic carbocycles. The Morgan fingerprint density at radius 1 is 1.61 bits per heavy atom. The number of likely N-dealkylation sites (N-methyl/N-ethyl adjacent to an activating group) is 1. The van der Waals surface area contributed by atoms with Crippen LogP contribution in [0.15, 0.2) is 18.3 Å². The number of amides is 1. The molecule has 0 aromatic carbocycles. The van der Waals surface area contributed by atoms with E-state index < -0.39 is 5.60 Å². The number of rotatable bonds is 5. The second kappa shape index (κ2) is 6.13. The van der Waals surface area contributed by atoms with Gasteiger partial charge in [0.1, 0.15) is 5.15 Å². The summed E-state index contributed by atoms with van der Waals surface area (Å²) < 4.78 is 0. The lowest BCUT2D eigenvalue weighted by Crippen LogP contribution is -2.47. The normalized spacial score (nSPS) is 14.3. The van der Waals surface area contributed by atoms with Crippen LogP contribution in [0.4, 0.5) is 0 Å². The molecule has 1 aromatic heterocycles. The van der Waals surface area contributed by atoms with Crippen molar-refractivity contribution in [2.24, 2.45) is 0 Å². The lowest BCUT2D eigenvalue weighted by molar-refractivity contribution is 0.0326. The first-order chi connectivity index (χ1) is 8.32. The number of nitrogens with one attached hydrogen (secondary N) is 1. The van der Waals surface area contributed by atoms with Crippen molar-refractivity contribution in [1.82, 2.24) is 15.2 Å². The highest BCUT2D eigenvalue weighted by Crippen LogP contribution is 2.11. The van der Waals surface area contributed by atoms with Crippen molar-refractivity contribution in [2.45, 2.75) is 12.5 Å². The number of nitrogens with zero attached hydrogens (tertiary/aromatic N) is 2. The molecule has 0 saturated carbocycles. The van der Waals surface area contributed by atoms with Crippen LogP contribution in [0.1, 0.15) is 17.3 Å². The van der Waals surface area contributed by atoms with E-state index in [0.29, 0.717) is 12.1 Å². The molecule has 1 atom stereocenters. The zero-order valence-corrected chi connectivity index (χ0v) is 11.5. The predicted octanol–water partition coefficient (Wildman–Crippen LogP) is 0.777. The van der Waals surface area contributed by atoms with Crippen molar-refractivity contribution in [3.8, 4) is 0 Å². The third kappa shape index (κ3) is 4.60. The second-order valence-electron chi connectivity index (χ2n) is 4.76. The summed E-state index contributed by atoms with van der Waals surface area (Å²) in [5.74, 6) is -0.341. The molecular formula is C12H18ClN3O2. The fourth-order valence-corrected chi connectivity index (χ4v) is 1.86. The molecule has 0 radical (unpaired) electrons. The maximum absolute atomic E-state index is 11.8. The van der Waals surface area contributed by atoms with Crippen LogP contribution in [-0.4, -0.2) is 53.7 Å². The van der Waals surface area contributed by atoms with Crippen molar-refractivity contribution in [1.29, 1.82) is 0 Å². The average Bonchev–Trinajstić information content (AvgIpc) is 2.25. The van der Waals surface area contributed by atoms with Gasteiger partial charge in [0, 0.05) is 19.3 Å². The number of aliphatic hydroxyl groups is 1. The molecule has 6 heteroatoms. The molecule has 0 saturated heterocycles. The predicted molar refractivity (Wildman–Crippen MR) is 70.8 cm³/mol. The molecule has 1 rings (SSSR count). The maximum atomic E-state index is 11.8. The summed E-state index contributed by atoms with van der Waals surface area (Å²) in [6, 6.07) is 3.23. The molecular weight excluding hydrogens is 254 g/mol. The Labute approximate surface area is 112 Å². The average molecular weight is 272 g/mol. The van der Waals surface area contributed by atoms with E-state index in [-0.39, 0.29) is 17.6 Å². The fraction of sp³-hybridized carbons (Fsp3) is 0.500. The highest BCUT2D eigenvalue weighted by Gasteiger charge is 2.22. The van der Waals surface area contributed by atoms with Gasteiger partial charge < -0.3 is 15.3 Å². The number of halogens is 1. The number of carbonyl (C=O) groups is 1. The Bertz CT molecular complexity index is 422. The van der Waals surface area contributed by atoms with Gasteiger partial charge in [-0.25, -0.2) is 4.98 Å². The molecule has 0 spiro atoms. The largest absolute Gasteiger partial charge is 0.387 e. The minimum Gasteiger partial charge on any atom is -0.387 e. The van der Waals surface area contributed by atoms with Gasteiger partial charge in [0.2, 0.25) is 0 Å². The van der Waals surface area contributed by atoms with Gasteiger partial charge in [-0.05, 0) is 33.2 Å². The number of pyridine rings is 1. The van der Waals surface area contributed by atoms with E-state index >= 15 is 0 Å². The van der Waals surface area contributed by atoms with E-state index in [2.05, 4.69) is 10.3 Å². The molecule has 1 amide bonds. The number of carbonyl (C=O) groups excluding carboxylic acids is 1. The zero-order chi connectivity index (χ0) is 13.8. The first kappa shape index (κ1) is 14.9. The summed E-state index contributed by atoms with van der Waals surface area (Å²) in [5, 5.41) is 12.8. The molecule has 100 valence electrons. The molecule has 2 N–H and O–H groups in total. The van der Waals surface area contributed by atoms with E-state index in [0.717, 1.165) is 0 Å². The molecule has 1 unspecified atom stereocenters. The molecule has 0 aliphatic rings. The highest BCUT2D eigenvalue weighted by atomic mass is 35.5. The fourth-order valence-electron chi connectivity index (χ4n) is 1.66. The standard InChI is InChI=1S/C12H18ClN3O2/c1-12(18,8-16(2)3)7-15-11(17)9-5-4-6-14-10(9)13/h4-6,18H,7-8H2,1-3H3,(H,15,17). The van der Waals surface area contributed by atoms with Crippen molar-refractivity contribution in [2.75, 3.05) is 27.2 Å². The van der Waals surface area contributed by atoms with Gasteiger partial charge in [-0.1, -0.05) is 11.6 Å². The SMILES string of the molecule is CN(C)CC(C)(O)CNC(=O)c1cccnc1Cl. The van der Waals surface area contributed by atoms with Crippen LogP contribution < -0.4 is 5.32 Å². The summed E-state index contributed by atoms with van der Waals surface area (Å²) in [7, 11) is 3.71. The first-order valence-corrected chi connectivity index (χ1v) is 5.95. The van der Waals surface area contributed by atoms with Crippen LogP contribution >= 0.6 is 11.6 Å². The number of hydrogen-bond acceptors (Lipinski definition) is 4. The smallest absolute Gasteiger partial charge is 0.254 e. The number of hydrogen-bond donors (Lipinski definition) is 2. The topological polar surface area (TPSA) is 65.5 Å². The summed E-state index contributed by atoms with van der Waals surface area (Å²) >= 11 is 5.81. The van der Waals surface area contributed by atoms with Crippen molar-refractivity contribution >= 4 is 17.5 Å². The summed E-state index contributed by atoms with van der Waals surface area (Å²) in [4.78, 5) is 17.5. The Hall–Kier alpha value is -1.17. The van der Waals surface area contributed by atoms with Crippen LogP contribution in [0, 0.1) is 0 Å². The van der Waals surface area contributed by atoms with Gasteiger partial charge in [-0.15, -0.1) is 0 Å². The zero-order valence-electron chi connectivity index (χ0n) is 10.8. The lowest BCUT2D eigenvalue weighted by Gasteiger charge is -2.27. The first-order valence-electron chi connectivity index (χ1n) is 5.58. The van der Waals surface area contributed by atoms with Gasteiger partial charge in [-0.3, -0.25) is 4.79 Å². The minimum atomic E-state index is -0.992. The Morgan fingerprint density at radius 2 is 2.28 bits per heavy atom. The summed E-state index contributed by atoms with van der Waals surface area (Å²) in [5.41, 5.74) is -0.687. The van der Waals surface area contributed by atoms with Crippen LogP contribution in [0.2, 0.25) is 5.15 Å². The third-order valence-corrected chi connectivity index (χ3v) is 2.59. The van der Waals surface area contributed by atoms with E-state index in [1.807, 2.05) is 19.0 Å². The van der Waals surface area contributed by atoms with Gasteiger partial charge in [0.05, 0.1) is 11.2 Å². The Morgan fingerprint density at radius 3 is 2.83 bits per heavy atom. The van der Waals surface area contributed by atoms with Crippen molar-refractivity contribution in [3.05, 3.63) is 29.0 Å². The van der Waals surface area contributed by atoms with Gasteiger partial charge in [-0.2, -0.15) is 0 Å². The van der Waals surface area contributed by atoms with Gasteiger partial charge >= 0.3 is 0 Å². The van der Waals surface area contributed by atoms with Crippen LogP contribution in [-0.2, 0) is 0 Å². The molecule has 0 fully saturated rings. The minimum absolute atomic E-state index is 0.148. The van der Waals surface area contributed by atoms with E-state index in [4.69, 9.17) is 11.6 Å². The summed E-state index contributed by atoms with van der Waals surface area (Å²) in [6.45, 7) is 2.27. The molecule has 5 nitrogen and oxygen atoms in total. The summed E-state index contributed by atoms with van der Waals surface area (Å²) in [6.07, 6.45) is 1.52. The molecule has 18 heavy (non-hydrogen) atoms. The van der Waals surface area contributed by atoms with Crippen LogP contribution in [0.3, 0.4) is 0 Å². The Balaban J connectivity index is 2.59. The second-order valence-corrected chi connectivity index (χ2v) is 5.12. The molecule has 0 aliphatic heterocycles. The van der Waals surface area contributed by atoms with E-state index in [1.165, 1.54) is 6.20 Å². The van der Waals surface area contributed by atoms with E-state index in [1.54, 1.807) is 19.1 Å². The monoisotopic (exact) mass is 271 g/mol. The van der Waals surface area contributed by atoms with Crippen molar-refractivity contribution < 1.29 is 9.90 Å². The maximum Gasteiger partial charge on any atom is 0.254 e. The Kier molecular flexibility index (Phi) is 5.07. The third-order valence-electron chi connectivity index (χ3n) is 2.29. The van der Waals surface area contributed by atoms with Crippen LogP contribution in [0.5, 0.6) is 0 Å². The lowest BCUT2D eigenvalue weighted by atomic mass is 10.1. The molecule has 0 bridgehead atoms. The van der Waals surface area contributed by atoms with Crippen LogP contribution in [0.25, 0.3) is 0 Å². The van der Waals surface area contributed by atoms with Gasteiger partial charge in [0.25, 0.3) is 5.91 Å². The quantitative estimate of drug-likeness (QED) is 0.777. The van der Waals surface area contributed by atoms with E-state index in [9.17, 15) is 9.90 Å². The molecule has 1 heterocycles. The molecule has 1 aromatic rings.